The van der Waals surface area contributed by atoms with Crippen molar-refractivity contribution in [1.82, 2.24) is 10.2 Å². The van der Waals surface area contributed by atoms with Crippen LogP contribution in [0.5, 0.6) is 5.75 Å². The molecule has 0 radical (unpaired) electrons. The van der Waals surface area contributed by atoms with Crippen molar-refractivity contribution in [2.45, 2.75) is 19.3 Å². The minimum absolute atomic E-state index is 0.728. The first kappa shape index (κ1) is 14.8. The van der Waals surface area contributed by atoms with Crippen molar-refractivity contribution >= 4 is 27.2 Å². The largest absolute Gasteiger partial charge is 0.493 e. The topological polar surface area (TPSA) is 47.0 Å². The van der Waals surface area contributed by atoms with Crippen LogP contribution in [-0.4, -0.2) is 23.9 Å². The molecule has 0 aliphatic heterocycles. The smallest absolute Gasteiger partial charge is 0.205 e. The van der Waals surface area contributed by atoms with Gasteiger partial charge in [-0.2, -0.15) is 0 Å². The van der Waals surface area contributed by atoms with E-state index in [0.29, 0.717) is 0 Å². The second-order valence-electron chi connectivity index (χ2n) is 5.03. The number of anilines is 1. The number of hydrogen-bond donors (Lipinski definition) is 1. The molecule has 5 heteroatoms. The van der Waals surface area contributed by atoms with Gasteiger partial charge in [-0.15, -0.1) is 10.2 Å². The quantitative estimate of drug-likeness (QED) is 0.666. The Balaban J connectivity index is 1.48. The van der Waals surface area contributed by atoms with E-state index in [1.165, 1.54) is 10.8 Å². The third-order valence-electron chi connectivity index (χ3n) is 3.47. The molecule has 0 aliphatic carbocycles. The van der Waals surface area contributed by atoms with Gasteiger partial charge in [0.05, 0.1) is 6.61 Å². The SMILES string of the molecule is CNc1nnc(CCCCOc2cccc3ccccc23)s1. The minimum Gasteiger partial charge on any atom is -0.493 e. The van der Waals surface area contributed by atoms with Crippen molar-refractivity contribution in [3.05, 3.63) is 47.5 Å². The van der Waals surface area contributed by atoms with Gasteiger partial charge in [-0.25, -0.2) is 0 Å². The molecule has 114 valence electrons. The predicted octanol–water partition coefficient (Wildman–Crippen LogP) is 4.13. The standard InChI is InChI=1S/C17H19N3OS/c1-18-17-20-19-16(22-17)11-4-5-12-21-15-10-6-8-13-7-2-3-9-14(13)15/h2-3,6-10H,4-5,11-12H2,1H3,(H,18,20). The van der Waals surface area contributed by atoms with Gasteiger partial charge in [-0.1, -0.05) is 47.7 Å². The van der Waals surface area contributed by atoms with E-state index < -0.39 is 0 Å². The molecule has 0 spiro atoms. The molecule has 0 bridgehead atoms. The molecule has 2 aromatic carbocycles. The fraction of sp³-hybridized carbons (Fsp3) is 0.294. The molecule has 0 amide bonds. The zero-order chi connectivity index (χ0) is 15.2. The van der Waals surface area contributed by atoms with E-state index in [2.05, 4.69) is 33.7 Å². The van der Waals surface area contributed by atoms with Crippen molar-refractivity contribution < 1.29 is 4.74 Å². The van der Waals surface area contributed by atoms with Crippen molar-refractivity contribution in [3.63, 3.8) is 0 Å². The Labute approximate surface area is 134 Å². The van der Waals surface area contributed by atoms with Gasteiger partial charge in [0.15, 0.2) is 0 Å². The summed E-state index contributed by atoms with van der Waals surface area (Å²) in [4.78, 5) is 0. The van der Waals surface area contributed by atoms with Crippen molar-refractivity contribution in [3.8, 4) is 5.75 Å². The fourth-order valence-electron chi connectivity index (χ4n) is 2.34. The number of fused-ring (bicyclic) bond motifs is 1. The molecular formula is C17H19N3OS. The lowest BCUT2D eigenvalue weighted by Crippen LogP contribution is -1.98. The van der Waals surface area contributed by atoms with E-state index in [0.717, 1.165) is 41.8 Å². The molecule has 4 nitrogen and oxygen atoms in total. The number of benzene rings is 2. The third-order valence-corrected chi connectivity index (χ3v) is 4.47. The lowest BCUT2D eigenvalue weighted by atomic mass is 10.1. The highest BCUT2D eigenvalue weighted by Gasteiger charge is 2.03. The summed E-state index contributed by atoms with van der Waals surface area (Å²) >= 11 is 1.62. The Morgan fingerprint density at radius 1 is 1.05 bits per heavy atom. The van der Waals surface area contributed by atoms with Gasteiger partial charge in [0.2, 0.25) is 5.13 Å². The third kappa shape index (κ3) is 3.54. The Kier molecular flexibility index (Phi) is 4.85. The van der Waals surface area contributed by atoms with E-state index >= 15 is 0 Å². The maximum Gasteiger partial charge on any atom is 0.205 e. The molecule has 3 rings (SSSR count). The first-order valence-corrected chi connectivity index (χ1v) is 8.29. The lowest BCUT2D eigenvalue weighted by Gasteiger charge is -2.08. The van der Waals surface area contributed by atoms with Crippen LogP contribution in [0.3, 0.4) is 0 Å². The first-order valence-electron chi connectivity index (χ1n) is 7.47. The second-order valence-corrected chi connectivity index (χ2v) is 6.10. The molecule has 0 aliphatic rings. The monoisotopic (exact) mass is 313 g/mol. The van der Waals surface area contributed by atoms with E-state index in [-0.39, 0.29) is 0 Å². The molecule has 1 aromatic heterocycles. The molecule has 22 heavy (non-hydrogen) atoms. The van der Waals surface area contributed by atoms with Gasteiger partial charge in [0, 0.05) is 18.9 Å². The van der Waals surface area contributed by atoms with Crippen LogP contribution >= 0.6 is 11.3 Å². The molecule has 0 atom stereocenters. The highest BCUT2D eigenvalue weighted by atomic mass is 32.1. The number of ether oxygens (including phenoxy) is 1. The summed E-state index contributed by atoms with van der Waals surface area (Å²) in [5, 5.41) is 15.5. The van der Waals surface area contributed by atoms with E-state index in [9.17, 15) is 0 Å². The number of nitrogens with zero attached hydrogens (tertiary/aromatic N) is 2. The highest BCUT2D eigenvalue weighted by molar-refractivity contribution is 7.15. The number of rotatable bonds is 7. The number of aryl methyl sites for hydroxylation is 1. The summed E-state index contributed by atoms with van der Waals surface area (Å²) < 4.78 is 5.94. The molecule has 1 N–H and O–H groups in total. The normalized spacial score (nSPS) is 10.8. The van der Waals surface area contributed by atoms with Gasteiger partial charge < -0.3 is 10.1 Å². The Morgan fingerprint density at radius 3 is 2.77 bits per heavy atom. The molecule has 0 unspecified atom stereocenters. The average Bonchev–Trinajstić information content (AvgIpc) is 3.03. The van der Waals surface area contributed by atoms with Gasteiger partial charge in [0.1, 0.15) is 10.8 Å². The predicted molar refractivity (Wildman–Crippen MR) is 91.8 cm³/mol. The first-order chi connectivity index (χ1) is 10.9. The lowest BCUT2D eigenvalue weighted by molar-refractivity contribution is 0.310. The number of aromatic nitrogens is 2. The van der Waals surface area contributed by atoms with Crippen LogP contribution in [-0.2, 0) is 6.42 Å². The summed E-state index contributed by atoms with van der Waals surface area (Å²) in [5.41, 5.74) is 0. The van der Waals surface area contributed by atoms with Crippen LogP contribution in [0.15, 0.2) is 42.5 Å². The maximum absolute atomic E-state index is 5.94. The van der Waals surface area contributed by atoms with Gasteiger partial charge in [-0.3, -0.25) is 0 Å². The van der Waals surface area contributed by atoms with Crippen LogP contribution in [0.4, 0.5) is 5.13 Å². The van der Waals surface area contributed by atoms with E-state index in [1.54, 1.807) is 11.3 Å². The average molecular weight is 313 g/mol. The number of hydrogen-bond acceptors (Lipinski definition) is 5. The van der Waals surface area contributed by atoms with Crippen molar-refractivity contribution in [2.75, 3.05) is 19.0 Å². The fourth-order valence-corrected chi connectivity index (χ4v) is 3.07. The molecule has 3 aromatic rings. The number of unbranched alkanes of at least 4 members (excludes halogenated alkanes) is 1. The van der Waals surface area contributed by atoms with Crippen molar-refractivity contribution in [2.24, 2.45) is 0 Å². The molecule has 0 fully saturated rings. The van der Waals surface area contributed by atoms with Gasteiger partial charge in [-0.05, 0) is 24.3 Å². The Morgan fingerprint density at radius 2 is 1.91 bits per heavy atom. The summed E-state index contributed by atoms with van der Waals surface area (Å²) in [5.74, 6) is 0.964. The highest BCUT2D eigenvalue weighted by Crippen LogP contribution is 2.25. The maximum atomic E-state index is 5.94. The summed E-state index contributed by atoms with van der Waals surface area (Å²) in [6.45, 7) is 0.728. The Bertz CT molecular complexity index is 736. The summed E-state index contributed by atoms with van der Waals surface area (Å²) in [6.07, 6.45) is 3.03. The van der Waals surface area contributed by atoms with Crippen LogP contribution in [0.2, 0.25) is 0 Å². The zero-order valence-electron chi connectivity index (χ0n) is 12.6. The van der Waals surface area contributed by atoms with Gasteiger partial charge >= 0.3 is 0 Å². The second kappa shape index (κ2) is 7.22. The molecular weight excluding hydrogens is 294 g/mol. The number of nitrogens with one attached hydrogen (secondary N) is 1. The molecule has 0 saturated carbocycles. The van der Waals surface area contributed by atoms with Crippen LogP contribution < -0.4 is 10.1 Å². The molecule has 1 heterocycles. The van der Waals surface area contributed by atoms with Crippen molar-refractivity contribution in [1.29, 1.82) is 0 Å². The Hall–Kier alpha value is -2.14. The van der Waals surface area contributed by atoms with Crippen LogP contribution in [0.1, 0.15) is 17.8 Å². The van der Waals surface area contributed by atoms with E-state index in [4.69, 9.17) is 4.74 Å². The van der Waals surface area contributed by atoms with Gasteiger partial charge in [0.25, 0.3) is 0 Å². The minimum atomic E-state index is 0.728. The van der Waals surface area contributed by atoms with Crippen LogP contribution in [0, 0.1) is 0 Å². The summed E-state index contributed by atoms with van der Waals surface area (Å²) in [7, 11) is 1.86. The van der Waals surface area contributed by atoms with Crippen LogP contribution in [0.25, 0.3) is 10.8 Å². The molecule has 0 saturated heterocycles. The van der Waals surface area contributed by atoms with E-state index in [1.807, 2.05) is 31.3 Å². The summed E-state index contributed by atoms with van der Waals surface area (Å²) in [6, 6.07) is 14.5. The zero-order valence-corrected chi connectivity index (χ0v) is 13.4.